The fraction of sp³-hybridized carbons (Fsp3) is 0.222. The minimum atomic E-state index is -3.63. The topological polar surface area (TPSA) is 62.6 Å². The van der Waals surface area contributed by atoms with Crippen LogP contribution in [-0.2, 0) is 26.9 Å². The van der Waals surface area contributed by atoms with Crippen LogP contribution in [0, 0.1) is 0 Å². The molecule has 0 unspecified atom stereocenters. The Balaban J connectivity index is 1.34. The quantitative estimate of drug-likeness (QED) is 0.382. The minimum Gasteiger partial charge on any atom is -0.368 e. The van der Waals surface area contributed by atoms with Crippen LogP contribution < -0.4 is 4.90 Å². The van der Waals surface area contributed by atoms with E-state index in [0.717, 1.165) is 24.3 Å². The smallest absolute Gasteiger partial charge is 0.242 e. The van der Waals surface area contributed by atoms with E-state index >= 15 is 0 Å². The van der Waals surface area contributed by atoms with Crippen molar-refractivity contribution in [2.75, 3.05) is 31.1 Å². The fourth-order valence-electron chi connectivity index (χ4n) is 4.57. The van der Waals surface area contributed by atoms with Crippen molar-refractivity contribution in [3.05, 3.63) is 95.6 Å². The maximum atomic E-state index is 13.3. The molecule has 1 saturated heterocycles. The molecule has 5 rings (SSSR count). The molecule has 8 heteroatoms. The van der Waals surface area contributed by atoms with E-state index in [1.165, 1.54) is 0 Å². The third-order valence-electron chi connectivity index (χ3n) is 6.42. The van der Waals surface area contributed by atoms with Gasteiger partial charge in [-0.2, -0.15) is 0 Å². The highest BCUT2D eigenvalue weighted by Gasteiger charge is 2.25. The molecule has 180 valence electrons. The number of hydrogen-bond donors (Lipinski definition) is 0. The summed E-state index contributed by atoms with van der Waals surface area (Å²) in [6, 6.07) is 24.3. The van der Waals surface area contributed by atoms with Gasteiger partial charge in [-0.15, -0.1) is 0 Å². The zero-order chi connectivity index (χ0) is 24.4. The van der Waals surface area contributed by atoms with Gasteiger partial charge in [0.25, 0.3) is 0 Å². The monoisotopic (exact) mass is 507 g/mol. The first-order valence-electron chi connectivity index (χ1n) is 11.5. The van der Waals surface area contributed by atoms with Crippen molar-refractivity contribution in [2.45, 2.75) is 17.2 Å². The van der Waals surface area contributed by atoms with Crippen LogP contribution in [0.1, 0.15) is 5.56 Å². The summed E-state index contributed by atoms with van der Waals surface area (Å²) < 4.78 is 28.4. The molecule has 0 bridgehead atoms. The first-order chi connectivity index (χ1) is 16.9. The van der Waals surface area contributed by atoms with Crippen molar-refractivity contribution in [1.29, 1.82) is 0 Å². The van der Waals surface area contributed by atoms with E-state index in [-0.39, 0.29) is 23.1 Å². The summed E-state index contributed by atoms with van der Waals surface area (Å²) in [5.41, 5.74) is 2.56. The van der Waals surface area contributed by atoms with Crippen molar-refractivity contribution in [2.24, 2.45) is 0 Å². The molecule has 4 aromatic rings. The SMILES string of the molecule is O=C(Cn1cc(S(=O)(=O)Cc2ccc(Cl)cc2)c2ccccc21)N1CCN(c2ccccc2)CC1. The number of aromatic nitrogens is 1. The normalized spacial score (nSPS) is 14.4. The summed E-state index contributed by atoms with van der Waals surface area (Å²) in [5, 5.41) is 1.19. The number of hydrogen-bond acceptors (Lipinski definition) is 4. The second kappa shape index (κ2) is 9.76. The highest BCUT2D eigenvalue weighted by atomic mass is 35.5. The number of anilines is 1. The summed E-state index contributed by atoms with van der Waals surface area (Å²) >= 11 is 5.94. The Morgan fingerprint density at radius 1 is 0.829 bits per heavy atom. The van der Waals surface area contributed by atoms with Gasteiger partial charge in [0.2, 0.25) is 5.91 Å². The molecular weight excluding hydrogens is 482 g/mol. The predicted molar refractivity (Wildman–Crippen MR) is 140 cm³/mol. The lowest BCUT2D eigenvalue weighted by Gasteiger charge is -2.36. The minimum absolute atomic E-state index is 0.0138. The molecule has 1 amide bonds. The molecule has 1 aliphatic heterocycles. The van der Waals surface area contributed by atoms with E-state index in [1.807, 2.05) is 41.3 Å². The van der Waals surface area contributed by atoms with E-state index in [2.05, 4.69) is 17.0 Å². The molecule has 0 atom stereocenters. The van der Waals surface area contributed by atoms with Gasteiger partial charge in [0.1, 0.15) is 6.54 Å². The van der Waals surface area contributed by atoms with Gasteiger partial charge in [0.05, 0.1) is 10.6 Å². The molecule has 0 aliphatic carbocycles. The number of carbonyl (C=O) groups excluding carboxylic acids is 1. The van der Waals surface area contributed by atoms with E-state index in [1.54, 1.807) is 41.1 Å². The molecule has 0 saturated carbocycles. The fourth-order valence-corrected chi connectivity index (χ4v) is 6.28. The number of piperazine rings is 1. The van der Waals surface area contributed by atoms with Crippen molar-refractivity contribution < 1.29 is 13.2 Å². The Kier molecular flexibility index (Phi) is 6.54. The molecule has 0 spiro atoms. The molecule has 6 nitrogen and oxygen atoms in total. The Hall–Kier alpha value is -3.29. The summed E-state index contributed by atoms with van der Waals surface area (Å²) in [4.78, 5) is 17.5. The number of carbonyl (C=O) groups is 1. The number of amides is 1. The van der Waals surface area contributed by atoms with Crippen molar-refractivity contribution in [1.82, 2.24) is 9.47 Å². The van der Waals surface area contributed by atoms with Gasteiger partial charge < -0.3 is 14.4 Å². The number of sulfone groups is 1. The predicted octanol–water partition coefficient (Wildman–Crippen LogP) is 4.62. The molecule has 1 aromatic heterocycles. The second-order valence-corrected chi connectivity index (χ2v) is 11.1. The maximum absolute atomic E-state index is 13.3. The lowest BCUT2D eigenvalue weighted by Crippen LogP contribution is -2.49. The van der Waals surface area contributed by atoms with Crippen LogP contribution in [0.3, 0.4) is 0 Å². The molecule has 35 heavy (non-hydrogen) atoms. The third kappa shape index (κ3) is 5.06. The summed E-state index contributed by atoms with van der Waals surface area (Å²) in [5.74, 6) is -0.145. The lowest BCUT2D eigenvalue weighted by atomic mass is 10.2. The number of para-hydroxylation sites is 2. The number of benzene rings is 3. The van der Waals surface area contributed by atoms with E-state index < -0.39 is 9.84 Å². The van der Waals surface area contributed by atoms with Gasteiger partial charge in [-0.05, 0) is 35.9 Å². The number of halogens is 1. The Labute approximate surface area is 210 Å². The maximum Gasteiger partial charge on any atom is 0.242 e. The number of nitrogens with zero attached hydrogens (tertiary/aromatic N) is 3. The van der Waals surface area contributed by atoms with E-state index in [0.29, 0.717) is 29.1 Å². The van der Waals surface area contributed by atoms with Crippen LogP contribution in [0.2, 0.25) is 5.02 Å². The Bertz CT molecular complexity index is 1440. The largest absolute Gasteiger partial charge is 0.368 e. The third-order valence-corrected chi connectivity index (χ3v) is 8.38. The Morgan fingerprint density at radius 2 is 1.49 bits per heavy atom. The van der Waals surface area contributed by atoms with Crippen LogP contribution in [0.4, 0.5) is 5.69 Å². The summed E-state index contributed by atoms with van der Waals surface area (Å²) in [6.07, 6.45) is 1.61. The average molecular weight is 508 g/mol. The van der Waals surface area contributed by atoms with Crippen LogP contribution in [0.5, 0.6) is 0 Å². The molecule has 0 radical (unpaired) electrons. The number of rotatable bonds is 6. The Morgan fingerprint density at radius 3 is 2.20 bits per heavy atom. The molecule has 1 aliphatic rings. The van der Waals surface area contributed by atoms with Gasteiger partial charge in [-0.25, -0.2) is 8.42 Å². The van der Waals surface area contributed by atoms with Crippen LogP contribution in [-0.4, -0.2) is 50.0 Å². The van der Waals surface area contributed by atoms with Crippen molar-refractivity contribution >= 4 is 43.9 Å². The zero-order valence-corrected chi connectivity index (χ0v) is 20.8. The first kappa shape index (κ1) is 23.5. The highest BCUT2D eigenvalue weighted by molar-refractivity contribution is 7.90. The molecule has 2 heterocycles. The van der Waals surface area contributed by atoms with Crippen molar-refractivity contribution in [3.8, 4) is 0 Å². The molecule has 3 aromatic carbocycles. The van der Waals surface area contributed by atoms with E-state index in [9.17, 15) is 13.2 Å². The van der Waals surface area contributed by atoms with Crippen molar-refractivity contribution in [3.63, 3.8) is 0 Å². The van der Waals surface area contributed by atoms with Gasteiger partial charge in [0, 0.05) is 54.0 Å². The van der Waals surface area contributed by atoms with Crippen LogP contribution in [0.25, 0.3) is 10.9 Å². The first-order valence-corrected chi connectivity index (χ1v) is 13.6. The summed E-state index contributed by atoms with van der Waals surface area (Å²) in [6.45, 7) is 2.90. The van der Waals surface area contributed by atoms with Gasteiger partial charge in [-0.3, -0.25) is 4.79 Å². The van der Waals surface area contributed by atoms with Gasteiger partial charge in [-0.1, -0.05) is 60.1 Å². The zero-order valence-electron chi connectivity index (χ0n) is 19.2. The average Bonchev–Trinajstić information content (AvgIpc) is 3.25. The van der Waals surface area contributed by atoms with E-state index in [4.69, 9.17) is 11.6 Å². The highest BCUT2D eigenvalue weighted by Crippen LogP contribution is 2.28. The number of fused-ring (bicyclic) bond motifs is 1. The van der Waals surface area contributed by atoms with Crippen LogP contribution >= 0.6 is 11.6 Å². The second-order valence-electron chi connectivity index (χ2n) is 8.73. The standard InChI is InChI=1S/C27H26ClN3O3S/c28-22-12-10-21(11-13-22)20-35(33,34)26-18-31(25-9-5-4-8-24(25)26)19-27(32)30-16-14-29(15-17-30)23-6-2-1-3-7-23/h1-13,18H,14-17,19-20H2. The summed E-state index contributed by atoms with van der Waals surface area (Å²) in [7, 11) is -3.63. The van der Waals surface area contributed by atoms with Gasteiger partial charge in [0.15, 0.2) is 9.84 Å². The lowest BCUT2D eigenvalue weighted by molar-refractivity contribution is -0.132. The molecule has 1 fully saturated rings. The molecular formula is C27H26ClN3O3S. The van der Waals surface area contributed by atoms with Gasteiger partial charge >= 0.3 is 0 Å². The van der Waals surface area contributed by atoms with Crippen LogP contribution in [0.15, 0.2) is 90.0 Å². The molecule has 0 N–H and O–H groups in total.